The Morgan fingerprint density at radius 1 is 0.641 bits per heavy atom. The van der Waals surface area contributed by atoms with E-state index in [2.05, 4.69) is 107 Å². The van der Waals surface area contributed by atoms with Crippen LogP contribution in [0.1, 0.15) is 25.0 Å². The zero-order chi connectivity index (χ0) is 25.9. The second-order valence-electron chi connectivity index (χ2n) is 11.1. The molecule has 4 nitrogen and oxygen atoms in total. The number of para-hydroxylation sites is 2. The van der Waals surface area contributed by atoms with Gasteiger partial charge in [-0.2, -0.15) is 0 Å². The lowest BCUT2D eigenvalue weighted by Crippen LogP contribution is -2.16. The van der Waals surface area contributed by atoms with Crippen molar-refractivity contribution in [3.63, 3.8) is 0 Å². The highest BCUT2D eigenvalue weighted by molar-refractivity contribution is 6.14. The largest absolute Gasteiger partial charge is 0.456 e. The molecule has 0 bridgehead atoms. The first-order valence-corrected chi connectivity index (χ1v) is 13.3. The third-order valence-corrected chi connectivity index (χ3v) is 8.65. The Labute approximate surface area is 224 Å². The van der Waals surface area contributed by atoms with Crippen molar-refractivity contribution in [3.05, 3.63) is 115 Å². The lowest BCUT2D eigenvalue weighted by molar-refractivity contribution is 0.664. The van der Waals surface area contributed by atoms with E-state index in [1.54, 1.807) is 12.4 Å². The maximum absolute atomic E-state index is 6.17. The average Bonchev–Trinajstić information content (AvgIpc) is 3.57. The van der Waals surface area contributed by atoms with E-state index in [9.17, 15) is 0 Å². The minimum Gasteiger partial charge on any atom is -0.456 e. The van der Waals surface area contributed by atoms with Gasteiger partial charge in [-0.15, -0.1) is 0 Å². The molecule has 0 N–H and O–H groups in total. The van der Waals surface area contributed by atoms with Crippen LogP contribution in [-0.4, -0.2) is 14.5 Å². The van der Waals surface area contributed by atoms with E-state index < -0.39 is 0 Å². The number of furan rings is 1. The molecule has 0 amide bonds. The SMILES string of the molecule is CC1(C)c2cc3nccnc3cc2-c2ccc3c4ccccc4n(-c4ccc5oc6ccccc6c5c4)c3c21. The predicted molar refractivity (Wildman–Crippen MR) is 159 cm³/mol. The zero-order valence-corrected chi connectivity index (χ0v) is 21.6. The molecule has 0 atom stereocenters. The maximum atomic E-state index is 6.17. The molecule has 3 aromatic heterocycles. The van der Waals surface area contributed by atoms with Gasteiger partial charge in [-0.3, -0.25) is 9.97 Å². The Hall–Kier alpha value is -4.96. The molecule has 0 fully saturated rings. The highest BCUT2D eigenvalue weighted by Crippen LogP contribution is 2.53. The van der Waals surface area contributed by atoms with Crippen LogP contribution in [0.15, 0.2) is 108 Å². The molecule has 8 aromatic rings. The standard InChI is InChI=1S/C35H23N3O/c1-35(2)27-19-29-28(36-15-16-37-29)18-25(27)23-12-13-24-21-7-3-5-9-30(21)38(34(24)33(23)35)20-11-14-32-26(17-20)22-8-4-6-10-31(22)39-32/h3-19H,1-2H3. The lowest BCUT2D eigenvalue weighted by Gasteiger charge is -2.24. The van der Waals surface area contributed by atoms with Crippen LogP contribution >= 0.6 is 0 Å². The molecule has 184 valence electrons. The monoisotopic (exact) mass is 501 g/mol. The summed E-state index contributed by atoms with van der Waals surface area (Å²) in [6.45, 7) is 4.68. The number of benzene rings is 5. The maximum Gasteiger partial charge on any atom is 0.135 e. The smallest absolute Gasteiger partial charge is 0.135 e. The second kappa shape index (κ2) is 7.12. The summed E-state index contributed by atoms with van der Waals surface area (Å²) in [5.74, 6) is 0. The van der Waals surface area contributed by atoms with Gasteiger partial charge in [0.2, 0.25) is 0 Å². The van der Waals surface area contributed by atoms with Crippen molar-refractivity contribution in [1.29, 1.82) is 0 Å². The normalized spacial score (nSPS) is 14.1. The fraction of sp³-hybridized carbons (Fsp3) is 0.0857. The molecule has 0 radical (unpaired) electrons. The van der Waals surface area contributed by atoms with Crippen molar-refractivity contribution in [2.24, 2.45) is 0 Å². The van der Waals surface area contributed by atoms with Crippen molar-refractivity contribution in [1.82, 2.24) is 14.5 Å². The molecule has 1 aliphatic carbocycles. The van der Waals surface area contributed by atoms with Gasteiger partial charge in [-0.1, -0.05) is 62.4 Å². The van der Waals surface area contributed by atoms with Gasteiger partial charge in [0.15, 0.2) is 0 Å². The number of hydrogen-bond acceptors (Lipinski definition) is 3. The molecular weight excluding hydrogens is 478 g/mol. The topological polar surface area (TPSA) is 43.9 Å². The lowest BCUT2D eigenvalue weighted by atomic mass is 9.81. The second-order valence-corrected chi connectivity index (χ2v) is 11.1. The van der Waals surface area contributed by atoms with Gasteiger partial charge in [-0.05, 0) is 64.7 Å². The summed E-state index contributed by atoms with van der Waals surface area (Å²) in [5.41, 5.74) is 12.2. The molecule has 1 aliphatic rings. The van der Waals surface area contributed by atoms with E-state index in [1.165, 1.54) is 44.1 Å². The zero-order valence-electron chi connectivity index (χ0n) is 21.6. The van der Waals surface area contributed by atoms with Gasteiger partial charge in [-0.25, -0.2) is 0 Å². The minimum absolute atomic E-state index is 0.214. The van der Waals surface area contributed by atoms with E-state index in [0.717, 1.165) is 38.7 Å². The van der Waals surface area contributed by atoms with Gasteiger partial charge in [0, 0.05) is 45.0 Å². The van der Waals surface area contributed by atoms with Crippen LogP contribution in [0.5, 0.6) is 0 Å². The van der Waals surface area contributed by atoms with Crippen LogP contribution in [0.25, 0.3) is 71.6 Å². The molecule has 9 rings (SSSR count). The summed E-state index contributed by atoms with van der Waals surface area (Å²) in [6, 6.07) is 32.6. The fourth-order valence-corrected chi connectivity index (χ4v) is 6.92. The van der Waals surface area contributed by atoms with Gasteiger partial charge < -0.3 is 8.98 Å². The molecule has 0 saturated carbocycles. The van der Waals surface area contributed by atoms with E-state index in [1.807, 2.05) is 12.1 Å². The van der Waals surface area contributed by atoms with Gasteiger partial charge in [0.1, 0.15) is 11.2 Å². The number of aromatic nitrogens is 3. The number of nitrogens with zero attached hydrogens (tertiary/aromatic N) is 3. The molecule has 0 unspecified atom stereocenters. The van der Waals surface area contributed by atoms with Crippen LogP contribution in [-0.2, 0) is 5.41 Å². The Morgan fingerprint density at radius 3 is 2.26 bits per heavy atom. The molecule has 3 heterocycles. The van der Waals surface area contributed by atoms with Gasteiger partial charge >= 0.3 is 0 Å². The Kier molecular flexibility index (Phi) is 3.84. The molecule has 4 heteroatoms. The third kappa shape index (κ3) is 2.63. The summed E-state index contributed by atoms with van der Waals surface area (Å²) in [6.07, 6.45) is 3.54. The Balaban J connectivity index is 1.43. The number of hydrogen-bond donors (Lipinski definition) is 0. The predicted octanol–water partition coefficient (Wildman–Crippen LogP) is 8.93. The summed E-state index contributed by atoms with van der Waals surface area (Å²) in [7, 11) is 0. The van der Waals surface area contributed by atoms with E-state index in [0.29, 0.717) is 0 Å². The van der Waals surface area contributed by atoms with Crippen molar-refractivity contribution in [2.75, 3.05) is 0 Å². The first-order valence-electron chi connectivity index (χ1n) is 13.3. The molecule has 0 saturated heterocycles. The molecule has 0 spiro atoms. The first kappa shape index (κ1) is 21.0. The Morgan fingerprint density at radius 2 is 1.38 bits per heavy atom. The molecular formula is C35H23N3O. The summed E-state index contributed by atoms with van der Waals surface area (Å²) >= 11 is 0. The first-order chi connectivity index (χ1) is 19.1. The highest BCUT2D eigenvalue weighted by Gasteiger charge is 2.39. The summed E-state index contributed by atoms with van der Waals surface area (Å²) in [4.78, 5) is 9.24. The average molecular weight is 502 g/mol. The van der Waals surface area contributed by atoms with Crippen molar-refractivity contribution in [3.8, 4) is 16.8 Å². The number of rotatable bonds is 1. The summed E-state index contributed by atoms with van der Waals surface area (Å²) < 4.78 is 8.62. The van der Waals surface area contributed by atoms with E-state index in [4.69, 9.17) is 4.42 Å². The van der Waals surface area contributed by atoms with Crippen molar-refractivity contribution in [2.45, 2.75) is 19.3 Å². The highest BCUT2D eigenvalue weighted by atomic mass is 16.3. The minimum atomic E-state index is -0.214. The summed E-state index contributed by atoms with van der Waals surface area (Å²) in [5, 5.41) is 4.79. The fourth-order valence-electron chi connectivity index (χ4n) is 6.92. The number of fused-ring (bicyclic) bond motifs is 11. The molecule has 5 aromatic carbocycles. The van der Waals surface area contributed by atoms with Crippen molar-refractivity contribution < 1.29 is 4.42 Å². The van der Waals surface area contributed by atoms with Crippen LogP contribution in [0.4, 0.5) is 0 Å². The quantitative estimate of drug-likeness (QED) is 0.225. The molecule has 0 aliphatic heterocycles. The third-order valence-electron chi connectivity index (χ3n) is 8.65. The Bertz CT molecular complexity index is 2320. The van der Waals surface area contributed by atoms with Crippen molar-refractivity contribution >= 4 is 54.8 Å². The van der Waals surface area contributed by atoms with Crippen LogP contribution in [0.3, 0.4) is 0 Å². The van der Waals surface area contributed by atoms with E-state index in [-0.39, 0.29) is 5.41 Å². The van der Waals surface area contributed by atoms with Gasteiger partial charge in [0.05, 0.1) is 22.1 Å². The molecule has 39 heavy (non-hydrogen) atoms. The van der Waals surface area contributed by atoms with E-state index >= 15 is 0 Å². The van der Waals surface area contributed by atoms with Crippen LogP contribution in [0.2, 0.25) is 0 Å². The van der Waals surface area contributed by atoms with Gasteiger partial charge in [0.25, 0.3) is 0 Å². The van der Waals surface area contributed by atoms with Crippen LogP contribution < -0.4 is 0 Å². The van der Waals surface area contributed by atoms with Crippen LogP contribution in [0, 0.1) is 0 Å².